The molecule has 23 heteroatoms. The lowest BCUT2D eigenvalue weighted by molar-refractivity contribution is -0.156. The van der Waals surface area contributed by atoms with Gasteiger partial charge in [0.1, 0.15) is 48.3 Å². The lowest BCUT2D eigenvalue weighted by Crippen LogP contribution is -2.63. The zero-order valence-corrected chi connectivity index (χ0v) is 54.5. The van der Waals surface area contributed by atoms with Gasteiger partial charge in [0.25, 0.3) is 0 Å². The molecule has 0 aliphatic carbocycles. The first-order valence-corrected chi connectivity index (χ1v) is 29.6. The lowest BCUT2D eigenvalue weighted by Gasteiger charge is -2.40. The molecule has 0 bridgehead atoms. The molecule has 0 aliphatic heterocycles. The molecule has 0 spiro atoms. The number of carbonyl (C=O) groups excluding carboxylic acids is 10. The minimum absolute atomic E-state index is 0.0211. The lowest BCUT2D eigenvalue weighted by atomic mass is 9.91. The van der Waals surface area contributed by atoms with E-state index < -0.39 is 138 Å². The highest BCUT2D eigenvalue weighted by molar-refractivity contribution is 5.98. The fourth-order valence-electron chi connectivity index (χ4n) is 9.89. The normalized spacial score (nSPS) is 16.6. The minimum atomic E-state index is -1.61. The van der Waals surface area contributed by atoms with E-state index in [0.29, 0.717) is 19.3 Å². The molecule has 0 aromatic heterocycles. The van der Waals surface area contributed by atoms with Crippen molar-refractivity contribution in [3.05, 3.63) is 12.2 Å². The van der Waals surface area contributed by atoms with E-state index in [0.717, 1.165) is 12.0 Å². The molecule has 0 aliphatic rings. The number of likely N-dealkylation sites (N-methyl/N-ethyl adjacent to an activating group) is 5. The molecule has 0 unspecified atom stereocenters. The van der Waals surface area contributed by atoms with E-state index in [1.54, 1.807) is 46.9 Å². The molecule has 13 atom stereocenters. The van der Waals surface area contributed by atoms with E-state index in [9.17, 15) is 58.2 Å². The predicted octanol–water partition coefficient (Wildman–Crippen LogP) is 2.75. The Morgan fingerprint density at radius 1 is 0.458 bits per heavy atom. The van der Waals surface area contributed by atoms with Gasteiger partial charge >= 0.3 is 5.97 Å². The van der Waals surface area contributed by atoms with E-state index in [-0.39, 0.29) is 54.8 Å². The summed E-state index contributed by atoms with van der Waals surface area (Å²) in [4.78, 5) is 145. The van der Waals surface area contributed by atoms with Crippen molar-refractivity contribution < 1.29 is 62.9 Å². The van der Waals surface area contributed by atoms with Gasteiger partial charge in [-0.25, -0.2) is 4.79 Å². The zero-order chi connectivity index (χ0) is 64.7. The van der Waals surface area contributed by atoms with Gasteiger partial charge < -0.3 is 66.5 Å². The Hall–Kier alpha value is -5.68. The number of carbonyl (C=O) groups is 10. The molecule has 23 nitrogen and oxygen atoms in total. The molecule has 0 fully saturated rings. The summed E-state index contributed by atoms with van der Waals surface area (Å²) < 4.78 is 4.78. The standard InChI is InChI=1S/C60H110N10O13/c1-24-25-26-38(14)50(72)49(55(77)66-47(41(17)71)60(82)83-23)70(22)59(81)48(37(12)13)69(21)58(80)44(29-34(6)7)65-54(76)46(31-36(10)11)67(19)56(78)40(16)63-51(73)39(15)62-53(75)45(30-35(8)9)68(20)57(79)43(28-33(4)5)64-52(74)42(61-18)27-32(2)3/h24-25,32-50,61,71-72H,26-31H2,1-23H3,(H,62,75)(H,63,73)(H,64,74)(H,65,76)(H,66,77)/b25-24+/t38-,39+,40-,41-,42+,43+,44+,45+,46+,47+,48+,49+,50-/m1/s1. The number of rotatable bonds is 36. The topological polar surface area (TPSA) is 306 Å². The molecule has 9 amide bonds. The maximum absolute atomic E-state index is 14.8. The van der Waals surface area contributed by atoms with Crippen molar-refractivity contribution in [2.24, 2.45) is 41.4 Å². The number of nitrogens with zero attached hydrogens (tertiary/aromatic N) is 4. The second-order valence-electron chi connectivity index (χ2n) is 25.1. The molecule has 0 aromatic carbocycles. The Balaban J connectivity index is 6.80. The van der Waals surface area contributed by atoms with Crippen molar-refractivity contribution in [1.29, 1.82) is 0 Å². The van der Waals surface area contributed by atoms with Gasteiger partial charge in [0.05, 0.1) is 25.4 Å². The predicted molar refractivity (Wildman–Crippen MR) is 320 cm³/mol. The molecule has 8 N–H and O–H groups in total. The number of aliphatic hydroxyl groups is 2. The first-order chi connectivity index (χ1) is 38.3. The maximum atomic E-state index is 14.8. The van der Waals surface area contributed by atoms with Crippen LogP contribution in [0, 0.1) is 41.4 Å². The summed E-state index contributed by atoms with van der Waals surface area (Å²) in [7, 11) is 8.38. The number of methoxy groups -OCH3 is 1. The molecule has 0 saturated heterocycles. The Morgan fingerprint density at radius 3 is 1.27 bits per heavy atom. The number of aliphatic hydroxyl groups excluding tert-OH is 2. The Bertz CT molecular complexity index is 2150. The van der Waals surface area contributed by atoms with Crippen LogP contribution in [0.2, 0.25) is 0 Å². The van der Waals surface area contributed by atoms with Gasteiger partial charge in [0, 0.05) is 28.2 Å². The van der Waals surface area contributed by atoms with Gasteiger partial charge in [-0.15, -0.1) is 0 Å². The van der Waals surface area contributed by atoms with E-state index in [1.165, 1.54) is 63.7 Å². The molecular weight excluding hydrogens is 1070 g/mol. The number of allylic oxidation sites excluding steroid dienone is 2. The van der Waals surface area contributed by atoms with Crippen molar-refractivity contribution in [3.63, 3.8) is 0 Å². The van der Waals surface area contributed by atoms with E-state index in [4.69, 9.17) is 4.74 Å². The number of hydrogen-bond donors (Lipinski definition) is 8. The van der Waals surface area contributed by atoms with Gasteiger partial charge in [-0.05, 0) is 115 Å². The average Bonchev–Trinajstić information content (AvgIpc) is 3.50. The maximum Gasteiger partial charge on any atom is 0.331 e. The van der Waals surface area contributed by atoms with Crippen molar-refractivity contribution in [1.82, 2.24) is 51.5 Å². The van der Waals surface area contributed by atoms with Crippen LogP contribution < -0.4 is 31.9 Å². The summed E-state index contributed by atoms with van der Waals surface area (Å²) >= 11 is 0. The second kappa shape index (κ2) is 36.9. The summed E-state index contributed by atoms with van der Waals surface area (Å²) in [5.41, 5.74) is 0. The van der Waals surface area contributed by atoms with E-state index >= 15 is 0 Å². The largest absolute Gasteiger partial charge is 0.467 e. The van der Waals surface area contributed by atoms with Crippen molar-refractivity contribution in [2.75, 3.05) is 42.3 Å². The fourth-order valence-corrected chi connectivity index (χ4v) is 9.89. The molecule has 0 radical (unpaired) electrons. The second-order valence-corrected chi connectivity index (χ2v) is 25.1. The average molecular weight is 1180 g/mol. The minimum Gasteiger partial charge on any atom is -0.467 e. The Kier molecular flexibility index (Phi) is 34.4. The monoisotopic (exact) mass is 1180 g/mol. The van der Waals surface area contributed by atoms with Gasteiger partial charge in [-0.1, -0.05) is 102 Å². The van der Waals surface area contributed by atoms with Crippen LogP contribution in [0.4, 0.5) is 0 Å². The summed E-state index contributed by atoms with van der Waals surface area (Å²) in [5.74, 6) is -8.10. The van der Waals surface area contributed by atoms with Crippen LogP contribution >= 0.6 is 0 Å². The van der Waals surface area contributed by atoms with Crippen molar-refractivity contribution in [3.8, 4) is 0 Å². The number of hydrogen-bond acceptors (Lipinski definition) is 14. The van der Waals surface area contributed by atoms with Crippen LogP contribution in [0.15, 0.2) is 12.2 Å². The third-order valence-corrected chi connectivity index (χ3v) is 14.7. The Morgan fingerprint density at radius 2 is 0.855 bits per heavy atom. The van der Waals surface area contributed by atoms with Gasteiger partial charge in [0.2, 0.25) is 53.2 Å². The first-order valence-electron chi connectivity index (χ1n) is 29.6. The summed E-state index contributed by atoms with van der Waals surface area (Å²) in [5, 5.41) is 38.7. The first kappa shape index (κ1) is 77.3. The van der Waals surface area contributed by atoms with Crippen molar-refractivity contribution >= 4 is 59.1 Å². The molecule has 0 rings (SSSR count). The van der Waals surface area contributed by atoms with Crippen LogP contribution in [0.1, 0.15) is 156 Å². The summed E-state index contributed by atoms with van der Waals surface area (Å²) in [6.45, 7) is 30.0. The SMILES string of the molecule is C/C=C/C[C@@H](C)[C@@H](O)[C@@H](C(=O)N[C@H](C(=O)OC)[C@@H](C)O)N(C)C(=O)[C@H](C(C)C)N(C)C(=O)[C@H](CC(C)C)NC(=O)[C@H](CC(C)C)N(C)C(=O)[C@@H](C)NC(=O)[C@H](C)NC(=O)[C@H](CC(C)C)N(C)C(=O)[C@H](CC(C)C)NC(=O)[C@H](CC(C)C)NC. The van der Waals surface area contributed by atoms with Gasteiger partial charge in [-0.2, -0.15) is 0 Å². The van der Waals surface area contributed by atoms with Crippen LogP contribution in [0.5, 0.6) is 0 Å². The number of esters is 1. The van der Waals surface area contributed by atoms with Crippen LogP contribution in [-0.2, 0) is 52.7 Å². The van der Waals surface area contributed by atoms with Crippen molar-refractivity contribution in [2.45, 2.75) is 229 Å². The highest BCUT2D eigenvalue weighted by atomic mass is 16.5. The van der Waals surface area contributed by atoms with Crippen LogP contribution in [-0.4, -0.2) is 204 Å². The van der Waals surface area contributed by atoms with E-state index in [2.05, 4.69) is 31.9 Å². The zero-order valence-electron chi connectivity index (χ0n) is 54.5. The van der Waals surface area contributed by atoms with Crippen LogP contribution in [0.25, 0.3) is 0 Å². The smallest absolute Gasteiger partial charge is 0.331 e. The molecule has 0 aromatic rings. The van der Waals surface area contributed by atoms with Crippen LogP contribution in [0.3, 0.4) is 0 Å². The quantitative estimate of drug-likeness (QED) is 0.0331. The summed E-state index contributed by atoms with van der Waals surface area (Å²) in [6.07, 6.45) is 2.32. The third-order valence-electron chi connectivity index (χ3n) is 14.7. The molecular formula is C60H110N10O13. The molecule has 0 saturated carbocycles. The molecule has 0 heterocycles. The fraction of sp³-hybridized carbons (Fsp3) is 0.800. The number of nitrogens with one attached hydrogen (secondary N) is 6. The number of ether oxygens (including phenoxy) is 1. The van der Waals surface area contributed by atoms with Gasteiger partial charge in [0.15, 0.2) is 6.04 Å². The highest BCUT2D eigenvalue weighted by Gasteiger charge is 2.44. The molecule has 83 heavy (non-hydrogen) atoms. The summed E-state index contributed by atoms with van der Waals surface area (Å²) in [6, 6.07) is -11.7. The highest BCUT2D eigenvalue weighted by Crippen LogP contribution is 2.23. The number of amides is 9. The van der Waals surface area contributed by atoms with Gasteiger partial charge in [-0.3, -0.25) is 43.2 Å². The Labute approximate surface area is 496 Å². The van der Waals surface area contributed by atoms with E-state index in [1.807, 2.05) is 69.2 Å². The third kappa shape index (κ3) is 24.8. The molecule has 478 valence electrons.